The van der Waals surface area contributed by atoms with Crippen LogP contribution in [0.15, 0.2) is 30.9 Å². The molecule has 0 fully saturated rings. The van der Waals surface area contributed by atoms with Crippen LogP contribution in [0.25, 0.3) is 0 Å². The summed E-state index contributed by atoms with van der Waals surface area (Å²) in [5.74, 6) is -1.11. The number of imidazole rings is 2. The van der Waals surface area contributed by atoms with Gasteiger partial charge >= 0.3 is 0 Å². The molecule has 0 radical (unpaired) electrons. The number of halogens is 2. The summed E-state index contributed by atoms with van der Waals surface area (Å²) in [5, 5.41) is 0. The number of benzene rings is 1. The van der Waals surface area contributed by atoms with E-state index in [1.165, 1.54) is 13.2 Å². The fourth-order valence-electron chi connectivity index (χ4n) is 3.72. The van der Waals surface area contributed by atoms with Gasteiger partial charge in [0.05, 0.1) is 31.7 Å². The number of fused-ring (bicyclic) bond motifs is 1. The molecule has 1 aliphatic rings. The standard InChI is InChI=1S/C19H21F2N5O/c1-3-25-9-7-22-15(25)10-26-8-6-13-18(24-11-23-13)19(26)12-4-5-14(27-2)17(21)16(12)20/h4-5,7,9,11,19H,3,6,8,10H2,1-2H3,(H,23,24)/t19-/m1/s1. The summed E-state index contributed by atoms with van der Waals surface area (Å²) in [5.41, 5.74) is 1.92. The zero-order valence-corrected chi connectivity index (χ0v) is 15.2. The minimum absolute atomic E-state index is 0.109. The minimum atomic E-state index is -0.979. The molecule has 6 nitrogen and oxygen atoms in total. The highest BCUT2D eigenvalue weighted by Gasteiger charge is 2.34. The Labute approximate surface area is 155 Å². The van der Waals surface area contributed by atoms with Crippen molar-refractivity contribution in [1.29, 1.82) is 0 Å². The third-order valence-corrected chi connectivity index (χ3v) is 5.10. The molecule has 0 bridgehead atoms. The quantitative estimate of drug-likeness (QED) is 0.747. The van der Waals surface area contributed by atoms with Crippen LogP contribution in [0.4, 0.5) is 8.78 Å². The van der Waals surface area contributed by atoms with Crippen molar-refractivity contribution in [1.82, 2.24) is 24.4 Å². The summed E-state index contributed by atoms with van der Waals surface area (Å²) < 4.78 is 36.2. The van der Waals surface area contributed by atoms with Crippen LogP contribution in [0.1, 0.15) is 35.7 Å². The molecule has 1 aromatic carbocycles. The molecule has 0 aliphatic carbocycles. The van der Waals surface area contributed by atoms with Crippen LogP contribution < -0.4 is 4.74 Å². The molecule has 27 heavy (non-hydrogen) atoms. The zero-order chi connectivity index (χ0) is 19.0. The van der Waals surface area contributed by atoms with Gasteiger partial charge in [0.15, 0.2) is 11.6 Å². The van der Waals surface area contributed by atoms with E-state index < -0.39 is 17.7 Å². The monoisotopic (exact) mass is 373 g/mol. The number of aromatic nitrogens is 4. The molecule has 0 saturated carbocycles. The number of ether oxygens (including phenoxy) is 1. The molecule has 0 unspecified atom stereocenters. The van der Waals surface area contributed by atoms with E-state index in [4.69, 9.17) is 4.74 Å². The molecule has 1 atom stereocenters. The Kier molecular flexibility index (Phi) is 4.65. The van der Waals surface area contributed by atoms with Gasteiger partial charge in [-0.2, -0.15) is 4.39 Å². The van der Waals surface area contributed by atoms with Crippen molar-refractivity contribution in [3.05, 3.63) is 65.3 Å². The largest absolute Gasteiger partial charge is 0.494 e. The normalized spacial score (nSPS) is 17.1. The Hall–Kier alpha value is -2.74. The highest BCUT2D eigenvalue weighted by Crippen LogP contribution is 2.37. The van der Waals surface area contributed by atoms with E-state index in [1.54, 1.807) is 18.6 Å². The topological polar surface area (TPSA) is 59.0 Å². The molecule has 1 aliphatic heterocycles. The molecule has 3 aromatic rings. The lowest BCUT2D eigenvalue weighted by Gasteiger charge is -2.35. The maximum absolute atomic E-state index is 14.9. The van der Waals surface area contributed by atoms with Gasteiger partial charge in [-0.15, -0.1) is 0 Å². The molecule has 8 heteroatoms. The first-order valence-electron chi connectivity index (χ1n) is 8.92. The van der Waals surface area contributed by atoms with E-state index in [2.05, 4.69) is 19.9 Å². The van der Waals surface area contributed by atoms with Gasteiger partial charge in [-0.1, -0.05) is 6.07 Å². The van der Waals surface area contributed by atoms with Crippen molar-refractivity contribution < 1.29 is 13.5 Å². The Morgan fingerprint density at radius 1 is 1.26 bits per heavy atom. The van der Waals surface area contributed by atoms with Crippen molar-refractivity contribution in [2.75, 3.05) is 13.7 Å². The van der Waals surface area contributed by atoms with E-state index in [-0.39, 0.29) is 11.3 Å². The predicted molar refractivity (Wildman–Crippen MR) is 95.4 cm³/mol. The zero-order valence-electron chi connectivity index (χ0n) is 15.2. The smallest absolute Gasteiger partial charge is 0.200 e. The first-order chi connectivity index (χ1) is 13.1. The Balaban J connectivity index is 1.77. The van der Waals surface area contributed by atoms with Crippen molar-refractivity contribution >= 4 is 0 Å². The lowest BCUT2D eigenvalue weighted by Crippen LogP contribution is -2.37. The van der Waals surface area contributed by atoms with Gasteiger partial charge < -0.3 is 14.3 Å². The second-order valence-corrected chi connectivity index (χ2v) is 6.50. The lowest BCUT2D eigenvalue weighted by molar-refractivity contribution is 0.188. The molecule has 142 valence electrons. The highest BCUT2D eigenvalue weighted by molar-refractivity contribution is 5.38. The highest BCUT2D eigenvalue weighted by atomic mass is 19.2. The van der Waals surface area contributed by atoms with Crippen molar-refractivity contribution in [3.8, 4) is 5.75 Å². The van der Waals surface area contributed by atoms with Gasteiger partial charge in [0.1, 0.15) is 5.82 Å². The first kappa shape index (κ1) is 17.7. The maximum Gasteiger partial charge on any atom is 0.200 e. The van der Waals surface area contributed by atoms with Crippen LogP contribution in [-0.4, -0.2) is 38.1 Å². The lowest BCUT2D eigenvalue weighted by atomic mass is 9.95. The molecular formula is C19H21F2N5O. The second kappa shape index (κ2) is 7.11. The van der Waals surface area contributed by atoms with Crippen molar-refractivity contribution in [2.45, 2.75) is 32.5 Å². The summed E-state index contributed by atoms with van der Waals surface area (Å²) in [4.78, 5) is 14.0. The minimum Gasteiger partial charge on any atom is -0.494 e. The van der Waals surface area contributed by atoms with Crippen LogP contribution in [0.5, 0.6) is 5.75 Å². The van der Waals surface area contributed by atoms with Gasteiger partial charge in [-0.25, -0.2) is 14.4 Å². The number of hydrogen-bond donors (Lipinski definition) is 1. The van der Waals surface area contributed by atoms with E-state index >= 15 is 0 Å². The maximum atomic E-state index is 14.9. The van der Waals surface area contributed by atoms with Crippen molar-refractivity contribution in [2.24, 2.45) is 0 Å². The third-order valence-electron chi connectivity index (χ3n) is 5.10. The molecule has 0 amide bonds. The number of aryl methyl sites for hydroxylation is 1. The van der Waals surface area contributed by atoms with Gasteiger partial charge in [0.2, 0.25) is 5.82 Å². The van der Waals surface area contributed by atoms with E-state index in [1.807, 2.05) is 17.7 Å². The SMILES string of the molecule is CCn1ccnc1CN1CCc2[nH]cnc2[C@H]1c1ccc(OC)c(F)c1F. The number of nitrogens with one attached hydrogen (secondary N) is 1. The summed E-state index contributed by atoms with van der Waals surface area (Å²) in [6, 6.07) is 2.53. The second-order valence-electron chi connectivity index (χ2n) is 6.50. The number of nitrogens with zero attached hydrogens (tertiary/aromatic N) is 4. The number of hydrogen-bond acceptors (Lipinski definition) is 4. The molecule has 3 heterocycles. The number of methoxy groups -OCH3 is 1. The van der Waals surface area contributed by atoms with Crippen LogP contribution in [0.2, 0.25) is 0 Å². The van der Waals surface area contributed by atoms with Gasteiger partial charge in [0, 0.05) is 43.2 Å². The molecule has 4 rings (SSSR count). The fourth-order valence-corrected chi connectivity index (χ4v) is 3.72. The molecule has 0 spiro atoms. The number of aromatic amines is 1. The molecule has 2 aromatic heterocycles. The van der Waals surface area contributed by atoms with Crippen molar-refractivity contribution in [3.63, 3.8) is 0 Å². The Morgan fingerprint density at radius 3 is 2.89 bits per heavy atom. The summed E-state index contributed by atoms with van der Waals surface area (Å²) in [7, 11) is 1.32. The molecular weight excluding hydrogens is 352 g/mol. The molecule has 0 saturated heterocycles. The van der Waals surface area contributed by atoms with Gasteiger partial charge in [-0.3, -0.25) is 4.90 Å². The Morgan fingerprint density at radius 2 is 2.11 bits per heavy atom. The van der Waals surface area contributed by atoms with E-state index in [9.17, 15) is 8.78 Å². The summed E-state index contributed by atoms with van der Waals surface area (Å²) in [6.07, 6.45) is 6.04. The third kappa shape index (κ3) is 2.99. The number of rotatable bonds is 5. The van der Waals surface area contributed by atoms with E-state index in [0.29, 0.717) is 13.1 Å². The Bertz CT molecular complexity index is 951. The van der Waals surface area contributed by atoms with Crippen LogP contribution in [-0.2, 0) is 19.5 Å². The molecule has 1 N–H and O–H groups in total. The summed E-state index contributed by atoms with van der Waals surface area (Å²) >= 11 is 0. The average Bonchev–Trinajstić information content (AvgIpc) is 3.33. The average molecular weight is 373 g/mol. The van der Waals surface area contributed by atoms with Gasteiger partial charge in [-0.05, 0) is 13.0 Å². The van der Waals surface area contributed by atoms with E-state index in [0.717, 1.165) is 30.2 Å². The van der Waals surface area contributed by atoms with Crippen LogP contribution in [0, 0.1) is 11.6 Å². The fraction of sp³-hybridized carbons (Fsp3) is 0.368. The van der Waals surface area contributed by atoms with Crippen LogP contribution in [0.3, 0.4) is 0 Å². The first-order valence-corrected chi connectivity index (χ1v) is 8.92. The van der Waals surface area contributed by atoms with Gasteiger partial charge in [0.25, 0.3) is 0 Å². The summed E-state index contributed by atoms with van der Waals surface area (Å²) in [6.45, 7) is 4.05. The van der Waals surface area contributed by atoms with Crippen LogP contribution >= 0.6 is 0 Å². The number of H-pyrrole nitrogens is 1. The predicted octanol–water partition coefficient (Wildman–Crippen LogP) is 3.06.